The van der Waals surface area contributed by atoms with Gasteiger partial charge in [0.1, 0.15) is 6.04 Å². The van der Waals surface area contributed by atoms with Gasteiger partial charge in [-0.2, -0.15) is 0 Å². The number of urea groups is 1. The summed E-state index contributed by atoms with van der Waals surface area (Å²) in [6.45, 7) is 10.1. The van der Waals surface area contributed by atoms with Crippen molar-refractivity contribution in [3.63, 3.8) is 0 Å². The third-order valence-corrected chi connectivity index (χ3v) is 5.00. The maximum atomic E-state index is 10.8. The number of piperidine rings is 1. The zero-order valence-electron chi connectivity index (χ0n) is 17.1. The zero-order chi connectivity index (χ0) is 20.1. The Morgan fingerprint density at radius 2 is 1.92 bits per heavy atom. The highest BCUT2D eigenvalue weighted by molar-refractivity contribution is 5.87. The lowest BCUT2D eigenvalue weighted by Gasteiger charge is -2.35. The first-order valence-electron chi connectivity index (χ1n) is 9.78. The van der Waals surface area contributed by atoms with Crippen molar-refractivity contribution in [1.29, 1.82) is 0 Å². The van der Waals surface area contributed by atoms with Crippen LogP contribution >= 0.6 is 0 Å². The second-order valence-corrected chi connectivity index (χ2v) is 7.22. The highest BCUT2D eigenvalue weighted by atomic mass is 16.3. The monoisotopic (exact) mass is 373 g/mol. The predicted molar refractivity (Wildman–Crippen MR) is 104 cm³/mol. The van der Waals surface area contributed by atoms with E-state index in [1.165, 1.54) is 66.1 Å². The normalized spacial score (nSPS) is 21.0. The topological polar surface area (TPSA) is 102 Å². The molecule has 0 aromatic carbocycles. The lowest BCUT2D eigenvalue weighted by molar-refractivity contribution is -0.120. The van der Waals surface area contributed by atoms with Gasteiger partial charge in [0.25, 0.3) is 0 Å². The molecule has 0 aromatic rings. The van der Waals surface area contributed by atoms with Gasteiger partial charge in [-0.25, -0.2) is 4.79 Å². The van der Waals surface area contributed by atoms with E-state index in [4.69, 9.17) is 5.11 Å². The van der Waals surface area contributed by atoms with Crippen molar-refractivity contribution < 1.29 is 19.8 Å². The van der Waals surface area contributed by atoms with Gasteiger partial charge in [-0.1, -0.05) is 26.7 Å². The Kier molecular flexibility index (Phi) is 13.3. The molecule has 154 valence electrons. The number of amides is 2. The Morgan fingerprint density at radius 3 is 2.38 bits per heavy atom. The molecule has 7 nitrogen and oxygen atoms in total. The Balaban J connectivity index is 0.000000488. The fourth-order valence-corrected chi connectivity index (χ4v) is 2.93. The molecular formula is C19H39N3O4. The standard InChI is InChI=1S/C12H25NO.C7H14N2O3/c1-3-11(2)7-9-13-8-5-4-6-12(13)10-14;1-4(10)6(5(2)11)9-7(12)8-3/h11-12,14H,3-10H2,1-2H3;4,6,10H,1-3H3,(H2,8,9,12). The maximum Gasteiger partial charge on any atom is 0.315 e. The van der Waals surface area contributed by atoms with Crippen LogP contribution in [0.5, 0.6) is 0 Å². The molecule has 1 rings (SSSR count). The van der Waals surface area contributed by atoms with Crippen LogP contribution < -0.4 is 10.6 Å². The minimum atomic E-state index is -0.875. The minimum Gasteiger partial charge on any atom is -0.395 e. The molecule has 1 heterocycles. The van der Waals surface area contributed by atoms with Gasteiger partial charge in [-0.05, 0) is 52.1 Å². The Bertz CT molecular complexity index is 404. The van der Waals surface area contributed by atoms with Crippen molar-refractivity contribution in [1.82, 2.24) is 15.5 Å². The van der Waals surface area contributed by atoms with Crippen LogP contribution in [0.1, 0.15) is 59.8 Å². The second kappa shape index (κ2) is 13.9. The molecule has 4 unspecified atom stereocenters. The van der Waals surface area contributed by atoms with E-state index in [9.17, 15) is 14.7 Å². The van der Waals surface area contributed by atoms with Crippen molar-refractivity contribution in [3.8, 4) is 0 Å². The molecule has 2 amide bonds. The van der Waals surface area contributed by atoms with Gasteiger partial charge >= 0.3 is 6.03 Å². The van der Waals surface area contributed by atoms with Crippen molar-refractivity contribution in [2.24, 2.45) is 5.92 Å². The van der Waals surface area contributed by atoms with Crippen LogP contribution in [0, 0.1) is 5.92 Å². The summed E-state index contributed by atoms with van der Waals surface area (Å²) in [4.78, 5) is 24.1. The highest BCUT2D eigenvalue weighted by Gasteiger charge is 2.22. The number of aliphatic hydroxyl groups excluding tert-OH is 2. The lowest BCUT2D eigenvalue weighted by Crippen LogP contribution is -2.49. The van der Waals surface area contributed by atoms with Crippen LogP contribution in [0.15, 0.2) is 0 Å². The quantitative estimate of drug-likeness (QED) is 0.517. The summed E-state index contributed by atoms with van der Waals surface area (Å²) in [7, 11) is 1.44. The summed E-state index contributed by atoms with van der Waals surface area (Å²) in [5.74, 6) is 0.560. The van der Waals surface area contributed by atoms with Gasteiger partial charge < -0.3 is 20.8 Å². The fourth-order valence-electron chi connectivity index (χ4n) is 2.93. The van der Waals surface area contributed by atoms with E-state index in [-0.39, 0.29) is 5.78 Å². The summed E-state index contributed by atoms with van der Waals surface area (Å²) in [6, 6.07) is -0.853. The first kappa shape index (κ1) is 24.8. The molecule has 0 radical (unpaired) electrons. The number of carbonyl (C=O) groups is 2. The van der Waals surface area contributed by atoms with Crippen molar-refractivity contribution in [2.45, 2.75) is 78.0 Å². The maximum absolute atomic E-state index is 10.8. The molecule has 1 aliphatic heterocycles. The fraction of sp³-hybridized carbons (Fsp3) is 0.895. The number of hydrogen-bond donors (Lipinski definition) is 4. The van der Waals surface area contributed by atoms with E-state index in [0.717, 1.165) is 5.92 Å². The Hall–Kier alpha value is -1.18. The molecule has 4 atom stereocenters. The summed E-state index contributed by atoms with van der Waals surface area (Å²) in [5.41, 5.74) is 0. The average Bonchev–Trinajstić information content (AvgIpc) is 2.63. The number of carbonyl (C=O) groups excluding carboxylic acids is 2. The first-order valence-corrected chi connectivity index (χ1v) is 9.78. The molecule has 0 spiro atoms. The van der Waals surface area contributed by atoms with Gasteiger partial charge in [-0.3, -0.25) is 9.69 Å². The smallest absolute Gasteiger partial charge is 0.315 e. The molecule has 4 N–H and O–H groups in total. The third kappa shape index (κ3) is 10.1. The van der Waals surface area contributed by atoms with Crippen LogP contribution in [-0.2, 0) is 4.79 Å². The predicted octanol–water partition coefficient (Wildman–Crippen LogP) is 1.52. The number of hydrogen-bond acceptors (Lipinski definition) is 5. The first-order chi connectivity index (χ1) is 12.3. The van der Waals surface area contributed by atoms with E-state index in [2.05, 4.69) is 29.4 Å². The lowest BCUT2D eigenvalue weighted by atomic mass is 10.00. The number of rotatable bonds is 8. The number of likely N-dealkylation sites (tertiary alicyclic amines) is 1. The SMILES string of the molecule is CCC(C)CCN1CCCCC1CO.CNC(=O)NC(C(C)=O)C(C)O. The molecule has 7 heteroatoms. The number of Topliss-reactive ketones (excluding diaryl/α,β-unsaturated/α-hetero) is 1. The van der Waals surface area contributed by atoms with E-state index >= 15 is 0 Å². The van der Waals surface area contributed by atoms with Gasteiger partial charge in [0.15, 0.2) is 5.78 Å². The van der Waals surface area contributed by atoms with E-state index in [1.54, 1.807) is 0 Å². The largest absolute Gasteiger partial charge is 0.395 e. The highest BCUT2D eigenvalue weighted by Crippen LogP contribution is 2.18. The summed E-state index contributed by atoms with van der Waals surface area (Å²) in [5, 5.41) is 22.9. The summed E-state index contributed by atoms with van der Waals surface area (Å²) >= 11 is 0. The summed E-state index contributed by atoms with van der Waals surface area (Å²) in [6.07, 6.45) is 5.49. The molecule has 0 aliphatic carbocycles. The Labute approximate surface area is 158 Å². The van der Waals surface area contributed by atoms with E-state index < -0.39 is 18.2 Å². The van der Waals surface area contributed by atoms with Crippen LogP contribution in [0.2, 0.25) is 0 Å². The van der Waals surface area contributed by atoms with Crippen LogP contribution in [0.3, 0.4) is 0 Å². The van der Waals surface area contributed by atoms with Crippen molar-refractivity contribution in [3.05, 3.63) is 0 Å². The molecule has 0 aromatic heterocycles. The van der Waals surface area contributed by atoms with Crippen LogP contribution in [0.4, 0.5) is 4.79 Å². The molecule has 1 aliphatic rings. The third-order valence-electron chi connectivity index (χ3n) is 5.00. The number of ketones is 1. The average molecular weight is 374 g/mol. The molecule has 0 saturated carbocycles. The van der Waals surface area contributed by atoms with E-state index in [1.807, 2.05) is 0 Å². The number of aliphatic hydroxyl groups is 2. The molecular weight excluding hydrogens is 334 g/mol. The molecule has 26 heavy (non-hydrogen) atoms. The molecule has 1 saturated heterocycles. The van der Waals surface area contributed by atoms with Gasteiger partial charge in [-0.15, -0.1) is 0 Å². The van der Waals surface area contributed by atoms with E-state index in [0.29, 0.717) is 12.6 Å². The summed E-state index contributed by atoms with van der Waals surface area (Å²) < 4.78 is 0. The van der Waals surface area contributed by atoms with Crippen molar-refractivity contribution >= 4 is 11.8 Å². The second-order valence-electron chi connectivity index (χ2n) is 7.22. The van der Waals surface area contributed by atoms with Crippen LogP contribution in [0.25, 0.3) is 0 Å². The van der Waals surface area contributed by atoms with Gasteiger partial charge in [0.05, 0.1) is 12.7 Å². The molecule has 1 fully saturated rings. The van der Waals surface area contributed by atoms with Gasteiger partial charge in [0, 0.05) is 13.1 Å². The molecule has 0 bridgehead atoms. The van der Waals surface area contributed by atoms with Gasteiger partial charge in [0.2, 0.25) is 0 Å². The minimum absolute atomic E-state index is 0.270. The van der Waals surface area contributed by atoms with Crippen molar-refractivity contribution in [2.75, 3.05) is 26.7 Å². The number of nitrogens with zero attached hydrogens (tertiary/aromatic N) is 1. The number of nitrogens with one attached hydrogen (secondary N) is 2. The Morgan fingerprint density at radius 1 is 1.27 bits per heavy atom. The zero-order valence-corrected chi connectivity index (χ0v) is 17.1. The van der Waals surface area contributed by atoms with Crippen LogP contribution in [-0.4, -0.2) is 71.9 Å².